The Morgan fingerprint density at radius 3 is 2.62 bits per heavy atom. The molecule has 0 saturated heterocycles. The van der Waals surface area contributed by atoms with Crippen molar-refractivity contribution in [3.8, 4) is 5.75 Å². The predicted octanol–water partition coefficient (Wildman–Crippen LogP) is 3.68. The average Bonchev–Trinajstić information content (AvgIpc) is 3.22. The summed E-state index contributed by atoms with van der Waals surface area (Å²) in [5.74, 6) is 1.13. The number of methoxy groups -OCH3 is 1. The zero-order chi connectivity index (χ0) is 23.9. The van der Waals surface area contributed by atoms with Crippen LogP contribution in [-0.2, 0) is 18.3 Å². The molecule has 0 aliphatic heterocycles. The highest BCUT2D eigenvalue weighted by atomic mass is 32.2. The molecular formula is C25H25N5O3S. The monoisotopic (exact) mass is 475 g/mol. The van der Waals surface area contributed by atoms with Crippen molar-refractivity contribution in [3.63, 3.8) is 0 Å². The highest BCUT2D eigenvalue weighted by Crippen LogP contribution is 2.24. The number of hydrogen-bond acceptors (Lipinski definition) is 6. The number of amides is 2. The van der Waals surface area contributed by atoms with Gasteiger partial charge in [-0.3, -0.25) is 9.59 Å². The largest absolute Gasteiger partial charge is 0.496 e. The first-order valence-corrected chi connectivity index (χ1v) is 11.8. The van der Waals surface area contributed by atoms with Crippen molar-refractivity contribution >= 4 is 40.0 Å². The van der Waals surface area contributed by atoms with E-state index in [2.05, 4.69) is 20.8 Å². The minimum Gasteiger partial charge on any atom is -0.496 e. The maximum atomic E-state index is 12.5. The third-order valence-corrected chi connectivity index (χ3v) is 6.33. The van der Waals surface area contributed by atoms with Crippen molar-refractivity contribution in [2.75, 3.05) is 24.7 Å². The predicted molar refractivity (Wildman–Crippen MR) is 133 cm³/mol. The fraction of sp³-hybridized carbons (Fsp3) is 0.200. The molecule has 2 N–H and O–H groups in total. The minimum absolute atomic E-state index is 0.116. The van der Waals surface area contributed by atoms with Crippen LogP contribution in [0.15, 0.2) is 71.9 Å². The minimum atomic E-state index is -0.209. The first-order chi connectivity index (χ1) is 16.6. The summed E-state index contributed by atoms with van der Waals surface area (Å²) >= 11 is 1.32. The summed E-state index contributed by atoms with van der Waals surface area (Å²) in [7, 11) is 3.38. The Labute approximate surface area is 201 Å². The molecule has 0 radical (unpaired) electrons. The van der Waals surface area contributed by atoms with E-state index in [1.807, 2.05) is 60.1 Å². The molecule has 3 aromatic carbocycles. The lowest BCUT2D eigenvalue weighted by Gasteiger charge is -2.09. The number of nitrogens with zero attached hydrogens (tertiary/aromatic N) is 3. The number of thioether (sulfide) groups is 1. The summed E-state index contributed by atoms with van der Waals surface area (Å²) in [6.45, 7) is 0.398. The van der Waals surface area contributed by atoms with Crippen LogP contribution in [0, 0.1) is 0 Å². The Bertz CT molecular complexity index is 1320. The normalized spacial score (nSPS) is 10.8. The van der Waals surface area contributed by atoms with Crippen LogP contribution in [0.1, 0.15) is 16.2 Å². The number of rotatable bonds is 9. The van der Waals surface area contributed by atoms with Gasteiger partial charge in [-0.2, -0.15) is 0 Å². The van der Waals surface area contributed by atoms with Crippen LogP contribution < -0.4 is 15.4 Å². The first-order valence-electron chi connectivity index (χ1n) is 10.8. The summed E-state index contributed by atoms with van der Waals surface area (Å²) in [5, 5.41) is 17.0. The lowest BCUT2D eigenvalue weighted by atomic mass is 10.1. The standard InChI is InChI=1S/C25H25N5O3S/c1-30-22(14-15-26-24(32)19-11-5-6-13-21(19)33-2)28-29-25(30)34-16-23(31)27-20-12-7-9-17-8-3-4-10-18(17)20/h3-13H,14-16H2,1-2H3,(H,26,32)(H,27,31). The van der Waals surface area contributed by atoms with Gasteiger partial charge in [-0.1, -0.05) is 60.3 Å². The Hall–Kier alpha value is -3.85. The van der Waals surface area contributed by atoms with Crippen LogP contribution in [0.3, 0.4) is 0 Å². The highest BCUT2D eigenvalue weighted by molar-refractivity contribution is 7.99. The zero-order valence-corrected chi connectivity index (χ0v) is 19.8. The fourth-order valence-corrected chi connectivity index (χ4v) is 4.28. The smallest absolute Gasteiger partial charge is 0.255 e. The molecule has 0 fully saturated rings. The number of carbonyl (C=O) groups is 2. The van der Waals surface area contributed by atoms with E-state index < -0.39 is 0 Å². The van der Waals surface area contributed by atoms with Crippen molar-refractivity contribution in [1.82, 2.24) is 20.1 Å². The van der Waals surface area contributed by atoms with Crippen LogP contribution in [0.4, 0.5) is 5.69 Å². The molecule has 0 spiro atoms. The Kier molecular flexibility index (Phi) is 7.44. The average molecular weight is 476 g/mol. The van der Waals surface area contributed by atoms with E-state index in [-0.39, 0.29) is 17.6 Å². The maximum Gasteiger partial charge on any atom is 0.255 e. The summed E-state index contributed by atoms with van der Waals surface area (Å²) in [6.07, 6.45) is 0.507. The Morgan fingerprint density at radius 2 is 1.76 bits per heavy atom. The number of nitrogens with one attached hydrogen (secondary N) is 2. The van der Waals surface area contributed by atoms with Crippen LogP contribution in [0.5, 0.6) is 5.75 Å². The second-order valence-electron chi connectivity index (χ2n) is 7.53. The molecule has 174 valence electrons. The van der Waals surface area contributed by atoms with E-state index in [0.717, 1.165) is 22.3 Å². The lowest BCUT2D eigenvalue weighted by molar-refractivity contribution is -0.113. The van der Waals surface area contributed by atoms with E-state index in [0.29, 0.717) is 29.4 Å². The van der Waals surface area contributed by atoms with Gasteiger partial charge in [0.2, 0.25) is 5.91 Å². The van der Waals surface area contributed by atoms with Crippen LogP contribution in [-0.4, -0.2) is 46.0 Å². The number of ether oxygens (including phenoxy) is 1. The van der Waals surface area contributed by atoms with E-state index in [4.69, 9.17) is 4.74 Å². The third kappa shape index (κ3) is 5.37. The number of para-hydroxylation sites is 1. The first kappa shape index (κ1) is 23.3. The molecule has 34 heavy (non-hydrogen) atoms. The molecular weight excluding hydrogens is 450 g/mol. The van der Waals surface area contributed by atoms with E-state index in [1.54, 1.807) is 18.2 Å². The van der Waals surface area contributed by atoms with Crippen LogP contribution >= 0.6 is 11.8 Å². The van der Waals surface area contributed by atoms with Gasteiger partial charge >= 0.3 is 0 Å². The van der Waals surface area contributed by atoms with Crippen LogP contribution in [0.2, 0.25) is 0 Å². The number of anilines is 1. The molecule has 1 heterocycles. The van der Waals surface area contributed by atoms with Gasteiger partial charge in [0.1, 0.15) is 11.6 Å². The molecule has 0 bridgehead atoms. The number of hydrogen-bond donors (Lipinski definition) is 2. The number of carbonyl (C=O) groups excluding carboxylic acids is 2. The molecule has 0 unspecified atom stereocenters. The summed E-state index contributed by atoms with van der Waals surface area (Å²) < 4.78 is 7.07. The summed E-state index contributed by atoms with van der Waals surface area (Å²) in [4.78, 5) is 25.0. The van der Waals surface area contributed by atoms with Gasteiger partial charge in [0.05, 0.1) is 18.4 Å². The molecule has 9 heteroatoms. The molecule has 0 aliphatic rings. The maximum absolute atomic E-state index is 12.5. The van der Waals surface area contributed by atoms with Crippen molar-refractivity contribution in [1.29, 1.82) is 0 Å². The Balaban J connectivity index is 1.29. The molecule has 8 nitrogen and oxygen atoms in total. The fourth-order valence-electron chi connectivity index (χ4n) is 3.55. The SMILES string of the molecule is COc1ccccc1C(=O)NCCc1nnc(SCC(=O)Nc2cccc3ccccc23)n1C. The number of benzene rings is 3. The summed E-state index contributed by atoms with van der Waals surface area (Å²) in [6, 6.07) is 20.8. The highest BCUT2D eigenvalue weighted by Gasteiger charge is 2.14. The van der Waals surface area contributed by atoms with Gasteiger partial charge in [0, 0.05) is 31.1 Å². The van der Waals surface area contributed by atoms with Gasteiger partial charge in [0.15, 0.2) is 5.16 Å². The molecule has 0 aliphatic carbocycles. The quantitative estimate of drug-likeness (QED) is 0.359. The molecule has 0 atom stereocenters. The van der Waals surface area contributed by atoms with Crippen molar-refractivity contribution in [3.05, 3.63) is 78.1 Å². The van der Waals surface area contributed by atoms with Gasteiger partial charge < -0.3 is 19.9 Å². The molecule has 1 aromatic heterocycles. The van der Waals surface area contributed by atoms with Gasteiger partial charge in [-0.05, 0) is 23.6 Å². The topological polar surface area (TPSA) is 98.1 Å². The lowest BCUT2D eigenvalue weighted by Crippen LogP contribution is -2.26. The van der Waals surface area contributed by atoms with Gasteiger partial charge in [-0.25, -0.2) is 0 Å². The second kappa shape index (κ2) is 10.8. The van der Waals surface area contributed by atoms with Crippen LogP contribution in [0.25, 0.3) is 10.8 Å². The molecule has 2 amide bonds. The summed E-state index contributed by atoms with van der Waals surface area (Å²) in [5.41, 5.74) is 1.27. The molecule has 4 rings (SSSR count). The van der Waals surface area contributed by atoms with E-state index >= 15 is 0 Å². The molecule has 0 saturated carbocycles. The third-order valence-electron chi connectivity index (χ3n) is 5.31. The second-order valence-corrected chi connectivity index (χ2v) is 8.47. The van der Waals surface area contributed by atoms with E-state index in [1.165, 1.54) is 18.9 Å². The van der Waals surface area contributed by atoms with Crippen molar-refractivity contribution in [2.24, 2.45) is 7.05 Å². The van der Waals surface area contributed by atoms with Crippen molar-refractivity contribution < 1.29 is 14.3 Å². The van der Waals surface area contributed by atoms with Gasteiger partial charge in [0.25, 0.3) is 5.91 Å². The van der Waals surface area contributed by atoms with Gasteiger partial charge in [-0.15, -0.1) is 10.2 Å². The zero-order valence-electron chi connectivity index (χ0n) is 18.9. The molecule has 4 aromatic rings. The Morgan fingerprint density at radius 1 is 1.00 bits per heavy atom. The van der Waals surface area contributed by atoms with E-state index in [9.17, 15) is 9.59 Å². The van der Waals surface area contributed by atoms with Crippen molar-refractivity contribution in [2.45, 2.75) is 11.6 Å². The number of fused-ring (bicyclic) bond motifs is 1. The number of aromatic nitrogens is 3.